The lowest BCUT2D eigenvalue weighted by Gasteiger charge is -1.98. The molecule has 0 spiro atoms. The number of nitrogens with zero attached hydrogens (tertiary/aromatic N) is 3. The maximum atomic E-state index is 7.89. The van der Waals surface area contributed by atoms with Crippen molar-refractivity contribution in [3.63, 3.8) is 0 Å². The minimum Gasteiger partial charge on any atom is -0.375 e. The molecule has 0 aliphatic carbocycles. The van der Waals surface area contributed by atoms with Crippen molar-refractivity contribution >= 4 is 0 Å². The zero-order valence-electron chi connectivity index (χ0n) is 6.99. The molecule has 4 heteroatoms. The van der Waals surface area contributed by atoms with Gasteiger partial charge >= 0.3 is 0 Å². The summed E-state index contributed by atoms with van der Waals surface area (Å²) in [6, 6.07) is 0. The molecule has 0 bridgehead atoms. The summed E-state index contributed by atoms with van der Waals surface area (Å²) in [5.74, 6) is 0. The van der Waals surface area contributed by atoms with Crippen LogP contribution in [0.25, 0.3) is 10.4 Å². The Morgan fingerprint density at radius 2 is 2.18 bits per heavy atom. The van der Waals surface area contributed by atoms with Gasteiger partial charge < -0.3 is 4.74 Å². The summed E-state index contributed by atoms with van der Waals surface area (Å²) < 4.78 is 5.00. The molecular formula is C7H15N3O. The average Bonchev–Trinajstić information content (AvgIpc) is 2.03. The lowest BCUT2D eigenvalue weighted by atomic mass is 10.2. The molecule has 0 N–H and O–H groups in total. The SMILES string of the molecule is CCCCCCOCN=[N+]=[N-]. The second-order valence-electron chi connectivity index (χ2n) is 2.33. The number of ether oxygens (including phenoxy) is 1. The Balaban J connectivity index is 2.84. The van der Waals surface area contributed by atoms with E-state index in [1.165, 1.54) is 19.3 Å². The molecule has 0 radical (unpaired) electrons. The quantitative estimate of drug-likeness (QED) is 0.242. The molecule has 64 valence electrons. The normalized spacial score (nSPS) is 9.18. The van der Waals surface area contributed by atoms with Gasteiger partial charge in [-0.25, -0.2) is 0 Å². The van der Waals surface area contributed by atoms with Crippen molar-refractivity contribution in [1.82, 2.24) is 0 Å². The van der Waals surface area contributed by atoms with Gasteiger partial charge in [-0.05, 0) is 12.0 Å². The molecule has 0 aromatic carbocycles. The lowest BCUT2D eigenvalue weighted by Crippen LogP contribution is -1.93. The van der Waals surface area contributed by atoms with Crippen molar-refractivity contribution in [1.29, 1.82) is 0 Å². The van der Waals surface area contributed by atoms with E-state index in [1.807, 2.05) is 0 Å². The average molecular weight is 157 g/mol. The maximum absolute atomic E-state index is 7.89. The van der Waals surface area contributed by atoms with Gasteiger partial charge in [-0.15, -0.1) is 0 Å². The van der Waals surface area contributed by atoms with Crippen LogP contribution in [-0.2, 0) is 4.74 Å². The van der Waals surface area contributed by atoms with Crippen molar-refractivity contribution < 1.29 is 4.74 Å². The third-order valence-corrected chi connectivity index (χ3v) is 1.35. The molecule has 0 atom stereocenters. The van der Waals surface area contributed by atoms with Gasteiger partial charge in [0.1, 0.15) is 6.73 Å². The number of rotatable bonds is 7. The number of unbranched alkanes of at least 4 members (excludes halogenated alkanes) is 3. The third-order valence-electron chi connectivity index (χ3n) is 1.35. The zero-order chi connectivity index (χ0) is 8.36. The molecule has 0 saturated heterocycles. The van der Waals surface area contributed by atoms with E-state index in [-0.39, 0.29) is 6.73 Å². The van der Waals surface area contributed by atoms with E-state index >= 15 is 0 Å². The summed E-state index contributed by atoms with van der Waals surface area (Å²) in [7, 11) is 0. The summed E-state index contributed by atoms with van der Waals surface area (Å²) in [6.45, 7) is 3.04. The molecule has 0 aliphatic heterocycles. The summed E-state index contributed by atoms with van der Waals surface area (Å²) in [5, 5.41) is 3.25. The Morgan fingerprint density at radius 1 is 1.36 bits per heavy atom. The lowest BCUT2D eigenvalue weighted by molar-refractivity contribution is 0.136. The van der Waals surface area contributed by atoms with E-state index in [0.717, 1.165) is 6.42 Å². The fourth-order valence-electron chi connectivity index (χ4n) is 0.762. The predicted octanol–water partition coefficient (Wildman–Crippen LogP) is 2.85. The highest BCUT2D eigenvalue weighted by Crippen LogP contribution is 1.98. The third kappa shape index (κ3) is 9.27. The molecular weight excluding hydrogens is 142 g/mol. The van der Waals surface area contributed by atoms with Crippen LogP contribution >= 0.6 is 0 Å². The molecule has 11 heavy (non-hydrogen) atoms. The molecule has 4 nitrogen and oxygen atoms in total. The Kier molecular flexibility index (Phi) is 8.65. The molecule has 0 aromatic rings. The minimum absolute atomic E-state index is 0.169. The highest BCUT2D eigenvalue weighted by Gasteiger charge is 1.86. The van der Waals surface area contributed by atoms with Crippen LogP contribution in [0, 0.1) is 0 Å². The van der Waals surface area contributed by atoms with Crippen LogP contribution in [-0.4, -0.2) is 13.3 Å². The van der Waals surface area contributed by atoms with Crippen molar-refractivity contribution in [3.05, 3.63) is 10.4 Å². The fourth-order valence-corrected chi connectivity index (χ4v) is 0.762. The van der Waals surface area contributed by atoms with Crippen LogP contribution < -0.4 is 0 Å². The van der Waals surface area contributed by atoms with E-state index in [9.17, 15) is 0 Å². The van der Waals surface area contributed by atoms with Crippen molar-refractivity contribution in [2.75, 3.05) is 13.3 Å². The zero-order valence-corrected chi connectivity index (χ0v) is 6.99. The minimum atomic E-state index is 0.169. The second kappa shape index (κ2) is 9.27. The van der Waals surface area contributed by atoms with E-state index in [2.05, 4.69) is 16.9 Å². The summed E-state index contributed by atoms with van der Waals surface area (Å²) in [4.78, 5) is 2.57. The first-order chi connectivity index (χ1) is 5.41. The molecule has 0 rings (SSSR count). The second-order valence-corrected chi connectivity index (χ2v) is 2.33. The standard InChI is InChI=1S/C7H15N3O/c1-2-3-4-5-6-11-7-9-10-8/h2-7H2,1H3. The fraction of sp³-hybridized carbons (Fsp3) is 1.00. The Labute approximate surface area is 67.2 Å². The van der Waals surface area contributed by atoms with E-state index in [4.69, 9.17) is 10.3 Å². The molecule has 0 saturated carbocycles. The number of hydrogen-bond donors (Lipinski definition) is 0. The van der Waals surface area contributed by atoms with Crippen LogP contribution in [0.1, 0.15) is 32.6 Å². The number of hydrogen-bond acceptors (Lipinski definition) is 2. The highest BCUT2D eigenvalue weighted by atomic mass is 16.5. The summed E-state index contributed by atoms with van der Waals surface area (Å²) in [6.07, 6.45) is 4.75. The van der Waals surface area contributed by atoms with Gasteiger partial charge in [0, 0.05) is 11.5 Å². The molecule has 0 amide bonds. The van der Waals surface area contributed by atoms with Crippen molar-refractivity contribution in [2.24, 2.45) is 5.11 Å². The largest absolute Gasteiger partial charge is 0.375 e. The van der Waals surface area contributed by atoms with Gasteiger partial charge in [-0.3, -0.25) is 0 Å². The molecule has 0 aromatic heterocycles. The highest BCUT2D eigenvalue weighted by molar-refractivity contribution is 4.40. The van der Waals surface area contributed by atoms with Crippen LogP contribution in [0.5, 0.6) is 0 Å². The summed E-state index contributed by atoms with van der Waals surface area (Å²) in [5.41, 5.74) is 7.89. The van der Waals surface area contributed by atoms with Gasteiger partial charge in [0.15, 0.2) is 0 Å². The smallest absolute Gasteiger partial charge is 0.125 e. The van der Waals surface area contributed by atoms with Crippen LogP contribution in [0.2, 0.25) is 0 Å². The molecule has 0 aliphatic rings. The van der Waals surface area contributed by atoms with Crippen molar-refractivity contribution in [2.45, 2.75) is 32.6 Å². The van der Waals surface area contributed by atoms with Gasteiger partial charge in [0.05, 0.1) is 0 Å². The first kappa shape index (κ1) is 10.3. The first-order valence-corrected chi connectivity index (χ1v) is 4.00. The van der Waals surface area contributed by atoms with Crippen molar-refractivity contribution in [3.8, 4) is 0 Å². The first-order valence-electron chi connectivity index (χ1n) is 4.00. The topological polar surface area (TPSA) is 58.0 Å². The Morgan fingerprint density at radius 3 is 2.82 bits per heavy atom. The predicted molar refractivity (Wildman–Crippen MR) is 44.1 cm³/mol. The van der Waals surface area contributed by atoms with Crippen LogP contribution in [0.15, 0.2) is 5.11 Å². The van der Waals surface area contributed by atoms with Gasteiger partial charge in [0.25, 0.3) is 0 Å². The summed E-state index contributed by atoms with van der Waals surface area (Å²) >= 11 is 0. The van der Waals surface area contributed by atoms with Gasteiger partial charge in [0.2, 0.25) is 0 Å². The monoisotopic (exact) mass is 157 g/mol. The van der Waals surface area contributed by atoms with E-state index in [0.29, 0.717) is 6.61 Å². The molecule has 0 fully saturated rings. The Hall–Kier alpha value is -0.730. The van der Waals surface area contributed by atoms with Gasteiger partial charge in [-0.2, -0.15) is 0 Å². The van der Waals surface area contributed by atoms with E-state index in [1.54, 1.807) is 0 Å². The molecule has 0 heterocycles. The maximum Gasteiger partial charge on any atom is 0.125 e. The van der Waals surface area contributed by atoms with Crippen LogP contribution in [0.4, 0.5) is 0 Å². The van der Waals surface area contributed by atoms with Crippen LogP contribution in [0.3, 0.4) is 0 Å². The van der Waals surface area contributed by atoms with Gasteiger partial charge in [-0.1, -0.05) is 31.3 Å². The molecule has 0 unspecified atom stereocenters. The van der Waals surface area contributed by atoms with E-state index < -0.39 is 0 Å². The number of azide groups is 1. The Bertz CT molecular complexity index is 121.